The van der Waals surface area contributed by atoms with Crippen molar-refractivity contribution in [2.75, 3.05) is 11.9 Å². The van der Waals surface area contributed by atoms with Gasteiger partial charge in [0, 0.05) is 24.5 Å². The van der Waals surface area contributed by atoms with Gasteiger partial charge in [0.15, 0.2) is 6.19 Å². The summed E-state index contributed by atoms with van der Waals surface area (Å²) in [6.45, 7) is 0.422. The number of carbonyl (C=O) groups excluding carboxylic acids is 1. The van der Waals surface area contributed by atoms with Gasteiger partial charge in [-0.05, 0) is 23.8 Å². The molecule has 3 aromatic rings. The van der Waals surface area contributed by atoms with Crippen molar-refractivity contribution in [3.05, 3.63) is 48.3 Å². The van der Waals surface area contributed by atoms with Crippen LogP contribution in [0.5, 0.6) is 5.88 Å². The van der Waals surface area contributed by atoms with E-state index < -0.39 is 11.6 Å². The maximum absolute atomic E-state index is 13.1. The predicted octanol–water partition coefficient (Wildman–Crippen LogP) is 1.96. The van der Waals surface area contributed by atoms with Crippen molar-refractivity contribution in [2.45, 2.75) is 18.1 Å². The zero-order valence-electron chi connectivity index (χ0n) is 13.6. The van der Waals surface area contributed by atoms with Crippen molar-refractivity contribution >= 4 is 22.5 Å². The standard InChI is InChI=1S/C18H14N6O2/c19-10-24-8-6-18(17(25)22-14-5-2-7-20-16(14)26-18)15(24)11-3-1-4-13-12(11)9-21-23-13/h1-5,7,9,15H,6,8H2,(H,21,23)(H,22,25). The number of amides is 1. The molecule has 2 N–H and O–H groups in total. The molecule has 0 aliphatic carbocycles. The number of aromatic nitrogens is 3. The monoisotopic (exact) mass is 346 g/mol. The molecule has 8 heteroatoms. The SMILES string of the molecule is N#CN1CCC2(Oc3ncccc3NC2=O)C1c1cccc2[nH]ncc12. The van der Waals surface area contributed by atoms with E-state index in [4.69, 9.17) is 4.74 Å². The number of hydrogen-bond donors (Lipinski definition) is 2. The van der Waals surface area contributed by atoms with Gasteiger partial charge in [-0.2, -0.15) is 10.4 Å². The molecule has 5 rings (SSSR count). The van der Waals surface area contributed by atoms with Crippen molar-refractivity contribution in [3.63, 3.8) is 0 Å². The van der Waals surface area contributed by atoms with Gasteiger partial charge in [-0.1, -0.05) is 12.1 Å². The Bertz CT molecular complexity index is 1070. The summed E-state index contributed by atoms with van der Waals surface area (Å²) in [5, 5.41) is 20.4. The molecule has 2 unspecified atom stereocenters. The zero-order valence-corrected chi connectivity index (χ0v) is 13.6. The highest BCUT2D eigenvalue weighted by molar-refractivity contribution is 6.02. The largest absolute Gasteiger partial charge is 0.457 e. The number of hydrogen-bond acceptors (Lipinski definition) is 6. The van der Waals surface area contributed by atoms with Crippen LogP contribution >= 0.6 is 0 Å². The Kier molecular flexibility index (Phi) is 2.94. The highest BCUT2D eigenvalue weighted by Gasteiger charge is 2.58. The van der Waals surface area contributed by atoms with E-state index in [-0.39, 0.29) is 5.91 Å². The summed E-state index contributed by atoms with van der Waals surface area (Å²) in [5.74, 6) is 0.109. The number of nitriles is 1. The molecule has 2 aliphatic rings. The Morgan fingerprint density at radius 1 is 1.35 bits per heavy atom. The van der Waals surface area contributed by atoms with E-state index in [1.807, 2.05) is 18.2 Å². The van der Waals surface area contributed by atoms with Crippen molar-refractivity contribution < 1.29 is 9.53 Å². The molecular weight excluding hydrogens is 332 g/mol. The van der Waals surface area contributed by atoms with Gasteiger partial charge in [0.05, 0.1) is 11.7 Å². The topological polar surface area (TPSA) is 107 Å². The van der Waals surface area contributed by atoms with E-state index in [2.05, 4.69) is 26.7 Å². The van der Waals surface area contributed by atoms with Gasteiger partial charge in [0.25, 0.3) is 5.91 Å². The van der Waals surface area contributed by atoms with Crippen molar-refractivity contribution in [3.8, 4) is 12.1 Å². The molecule has 1 fully saturated rings. The van der Waals surface area contributed by atoms with Crippen LogP contribution < -0.4 is 10.1 Å². The molecule has 2 atom stereocenters. The molecule has 128 valence electrons. The second kappa shape index (κ2) is 5.20. The number of benzene rings is 1. The van der Waals surface area contributed by atoms with Crippen LogP contribution in [0.25, 0.3) is 10.9 Å². The van der Waals surface area contributed by atoms with Gasteiger partial charge in [-0.15, -0.1) is 0 Å². The van der Waals surface area contributed by atoms with Crippen LogP contribution in [0.4, 0.5) is 5.69 Å². The summed E-state index contributed by atoms with van der Waals surface area (Å²) in [6.07, 6.45) is 5.92. The lowest BCUT2D eigenvalue weighted by Gasteiger charge is -2.38. The van der Waals surface area contributed by atoms with E-state index in [1.54, 1.807) is 29.4 Å². The third-order valence-electron chi connectivity index (χ3n) is 5.10. The molecule has 1 aromatic carbocycles. The summed E-state index contributed by atoms with van der Waals surface area (Å²) >= 11 is 0. The highest BCUT2D eigenvalue weighted by Crippen LogP contribution is 2.48. The number of ether oxygens (including phenoxy) is 1. The molecule has 1 amide bonds. The minimum atomic E-state index is -1.22. The highest BCUT2D eigenvalue weighted by atomic mass is 16.5. The van der Waals surface area contributed by atoms with Crippen LogP contribution in [0.3, 0.4) is 0 Å². The number of H-pyrrole nitrogens is 1. The Labute approximate surface area is 148 Å². The molecule has 26 heavy (non-hydrogen) atoms. The van der Waals surface area contributed by atoms with Crippen LogP contribution in [0, 0.1) is 11.5 Å². The van der Waals surface area contributed by atoms with Crippen LogP contribution in [0.2, 0.25) is 0 Å². The number of fused-ring (bicyclic) bond motifs is 2. The van der Waals surface area contributed by atoms with Gasteiger partial charge in [-0.25, -0.2) is 4.98 Å². The molecule has 0 radical (unpaired) electrons. The summed E-state index contributed by atoms with van der Waals surface area (Å²) in [5.41, 5.74) is 0.989. The van der Waals surface area contributed by atoms with Crippen molar-refractivity contribution in [1.29, 1.82) is 5.26 Å². The molecule has 1 saturated heterocycles. The molecule has 2 aliphatic heterocycles. The van der Waals surface area contributed by atoms with Crippen LogP contribution in [-0.2, 0) is 4.79 Å². The first kappa shape index (κ1) is 14.7. The molecule has 4 heterocycles. The fraction of sp³-hybridized carbons (Fsp3) is 0.222. The van der Waals surface area contributed by atoms with Gasteiger partial charge in [-0.3, -0.25) is 14.8 Å². The minimum absolute atomic E-state index is 0.263. The molecule has 0 saturated carbocycles. The maximum Gasteiger partial charge on any atom is 0.271 e. The Balaban J connectivity index is 1.70. The summed E-state index contributed by atoms with van der Waals surface area (Å²) in [6, 6.07) is 8.61. The van der Waals surface area contributed by atoms with Crippen molar-refractivity contribution in [2.24, 2.45) is 0 Å². The van der Waals surface area contributed by atoms with Crippen LogP contribution in [0.1, 0.15) is 18.0 Å². The fourth-order valence-electron chi connectivity index (χ4n) is 3.92. The average molecular weight is 346 g/mol. The Morgan fingerprint density at radius 2 is 2.27 bits per heavy atom. The maximum atomic E-state index is 13.1. The number of rotatable bonds is 1. The average Bonchev–Trinajstić information content (AvgIpc) is 3.27. The first-order chi connectivity index (χ1) is 12.7. The van der Waals surface area contributed by atoms with E-state index >= 15 is 0 Å². The first-order valence-electron chi connectivity index (χ1n) is 8.27. The normalized spacial score (nSPS) is 24.2. The first-order valence-corrected chi connectivity index (χ1v) is 8.27. The predicted molar refractivity (Wildman–Crippen MR) is 92.0 cm³/mol. The Hall–Kier alpha value is -3.60. The molecule has 2 aromatic heterocycles. The lowest BCUT2D eigenvalue weighted by atomic mass is 9.85. The summed E-state index contributed by atoms with van der Waals surface area (Å²) < 4.78 is 6.17. The molecule has 0 bridgehead atoms. The number of nitrogens with zero attached hydrogens (tertiary/aromatic N) is 4. The van der Waals surface area contributed by atoms with E-state index in [0.717, 1.165) is 16.5 Å². The van der Waals surface area contributed by atoms with Crippen LogP contribution in [-0.4, -0.2) is 38.1 Å². The number of aromatic amines is 1. The smallest absolute Gasteiger partial charge is 0.271 e. The molecular formula is C18H14N6O2. The third kappa shape index (κ3) is 1.85. The number of carbonyl (C=O) groups is 1. The summed E-state index contributed by atoms with van der Waals surface area (Å²) in [7, 11) is 0. The summed E-state index contributed by atoms with van der Waals surface area (Å²) in [4.78, 5) is 18.9. The number of pyridine rings is 1. The lowest BCUT2D eigenvalue weighted by Crippen LogP contribution is -2.54. The second-order valence-electron chi connectivity index (χ2n) is 6.43. The van der Waals surface area contributed by atoms with Crippen LogP contribution in [0.15, 0.2) is 42.7 Å². The van der Waals surface area contributed by atoms with Gasteiger partial charge >= 0.3 is 0 Å². The number of anilines is 1. The fourth-order valence-corrected chi connectivity index (χ4v) is 3.92. The van der Waals surface area contributed by atoms with E-state index in [9.17, 15) is 10.1 Å². The van der Waals surface area contributed by atoms with Gasteiger partial charge in [0.1, 0.15) is 11.7 Å². The third-order valence-corrected chi connectivity index (χ3v) is 5.10. The minimum Gasteiger partial charge on any atom is -0.457 e. The molecule has 1 spiro atoms. The van der Waals surface area contributed by atoms with Crippen molar-refractivity contribution in [1.82, 2.24) is 20.1 Å². The Morgan fingerprint density at radius 3 is 3.15 bits per heavy atom. The molecule has 8 nitrogen and oxygen atoms in total. The van der Waals surface area contributed by atoms with E-state index in [0.29, 0.717) is 24.5 Å². The number of nitrogens with one attached hydrogen (secondary N) is 2. The lowest BCUT2D eigenvalue weighted by molar-refractivity contribution is -0.134. The quantitative estimate of drug-likeness (QED) is 0.652. The van der Waals surface area contributed by atoms with Gasteiger partial charge in [0.2, 0.25) is 11.5 Å². The second-order valence-corrected chi connectivity index (χ2v) is 6.43. The number of likely N-dealkylation sites (tertiary alicyclic amines) is 1. The van der Waals surface area contributed by atoms with E-state index in [1.165, 1.54) is 0 Å². The van der Waals surface area contributed by atoms with Gasteiger partial charge < -0.3 is 10.1 Å². The zero-order chi connectivity index (χ0) is 17.7.